The van der Waals surface area contributed by atoms with Crippen molar-refractivity contribution < 1.29 is 0 Å². The van der Waals surface area contributed by atoms with E-state index >= 15 is 0 Å². The molecule has 1 N–H and O–H groups in total. The summed E-state index contributed by atoms with van der Waals surface area (Å²) in [6, 6.07) is 0. The molecule has 1 rings (SSSR count). The monoisotopic (exact) mass is 165 g/mol. The Morgan fingerprint density at radius 3 is 1.67 bits per heavy atom. The number of hydrogen-bond acceptors (Lipinski definition) is 1. The van der Waals surface area contributed by atoms with E-state index in [1.165, 1.54) is 17.6 Å². The Morgan fingerprint density at radius 1 is 0.917 bits per heavy atom. The highest BCUT2D eigenvalue weighted by Gasteiger charge is 2.11. The number of rotatable bonds is 0. The molecule has 1 heterocycles. The summed E-state index contributed by atoms with van der Waals surface area (Å²) in [6.45, 7) is 11.0. The molecule has 68 valence electrons. The van der Waals surface area contributed by atoms with Crippen LogP contribution >= 0.6 is 0 Å². The smallest absolute Gasteiger partial charge is 0.0173 e. The minimum absolute atomic E-state index is 1.08. The van der Waals surface area contributed by atoms with E-state index in [1.54, 1.807) is 11.1 Å². The molecule has 0 aromatic carbocycles. The zero-order chi connectivity index (χ0) is 9.14. The van der Waals surface area contributed by atoms with Crippen LogP contribution in [0.1, 0.15) is 34.1 Å². The average molecular weight is 165 g/mol. The SMILES string of the molecule is CC(C)=C1CNCC(=C(C)C)C1. The number of nitrogens with one attached hydrogen (secondary N) is 1. The fourth-order valence-electron chi connectivity index (χ4n) is 1.45. The minimum Gasteiger partial charge on any atom is -0.309 e. The van der Waals surface area contributed by atoms with Gasteiger partial charge in [0.25, 0.3) is 0 Å². The third kappa shape index (κ3) is 2.21. The quantitative estimate of drug-likeness (QED) is 0.544. The molecule has 1 fully saturated rings. The molecule has 0 bridgehead atoms. The van der Waals surface area contributed by atoms with Crippen LogP contribution in [0.3, 0.4) is 0 Å². The van der Waals surface area contributed by atoms with Gasteiger partial charge in [-0.05, 0) is 34.1 Å². The van der Waals surface area contributed by atoms with Crippen LogP contribution in [0.2, 0.25) is 0 Å². The molecule has 0 aromatic rings. The lowest BCUT2D eigenvalue weighted by Gasteiger charge is -2.21. The molecule has 0 unspecified atom stereocenters. The molecule has 1 aliphatic rings. The highest BCUT2D eigenvalue weighted by atomic mass is 14.9. The van der Waals surface area contributed by atoms with Gasteiger partial charge in [-0.3, -0.25) is 0 Å². The molecule has 1 aliphatic heterocycles. The summed E-state index contributed by atoms with van der Waals surface area (Å²) in [7, 11) is 0. The van der Waals surface area contributed by atoms with Crippen molar-refractivity contribution in [2.75, 3.05) is 13.1 Å². The van der Waals surface area contributed by atoms with Gasteiger partial charge in [-0.15, -0.1) is 0 Å². The molecule has 0 amide bonds. The van der Waals surface area contributed by atoms with Gasteiger partial charge in [0.1, 0.15) is 0 Å². The van der Waals surface area contributed by atoms with E-state index in [0.717, 1.165) is 13.1 Å². The predicted octanol–water partition coefficient (Wildman–Crippen LogP) is 2.65. The highest BCUT2D eigenvalue weighted by Crippen LogP contribution is 2.20. The van der Waals surface area contributed by atoms with Gasteiger partial charge in [0.05, 0.1) is 0 Å². The van der Waals surface area contributed by atoms with E-state index < -0.39 is 0 Å². The van der Waals surface area contributed by atoms with Crippen LogP contribution in [0.15, 0.2) is 22.3 Å². The van der Waals surface area contributed by atoms with Crippen molar-refractivity contribution >= 4 is 0 Å². The van der Waals surface area contributed by atoms with Gasteiger partial charge in [0.2, 0.25) is 0 Å². The largest absolute Gasteiger partial charge is 0.309 e. The molecule has 12 heavy (non-hydrogen) atoms. The first kappa shape index (κ1) is 9.53. The molecular formula is C11H19N. The second-order valence-electron chi connectivity index (χ2n) is 3.99. The molecular weight excluding hydrogens is 146 g/mol. The molecule has 0 aromatic heterocycles. The molecule has 1 heteroatoms. The van der Waals surface area contributed by atoms with Crippen molar-refractivity contribution in [2.24, 2.45) is 0 Å². The molecule has 0 atom stereocenters. The van der Waals surface area contributed by atoms with Crippen molar-refractivity contribution in [1.29, 1.82) is 0 Å². The maximum atomic E-state index is 3.43. The molecule has 0 saturated carbocycles. The maximum absolute atomic E-state index is 3.43. The summed E-state index contributed by atoms with van der Waals surface area (Å²) >= 11 is 0. The lowest BCUT2D eigenvalue weighted by atomic mass is 9.95. The normalized spacial score (nSPS) is 18.0. The predicted molar refractivity (Wildman–Crippen MR) is 54.2 cm³/mol. The van der Waals surface area contributed by atoms with Crippen LogP contribution in [-0.2, 0) is 0 Å². The van der Waals surface area contributed by atoms with Gasteiger partial charge in [-0.1, -0.05) is 22.3 Å². The summed E-state index contributed by atoms with van der Waals surface area (Å²) < 4.78 is 0. The second kappa shape index (κ2) is 3.90. The van der Waals surface area contributed by atoms with Gasteiger partial charge < -0.3 is 5.32 Å². The van der Waals surface area contributed by atoms with E-state index in [9.17, 15) is 0 Å². The Morgan fingerprint density at radius 2 is 1.33 bits per heavy atom. The first-order valence-electron chi connectivity index (χ1n) is 4.62. The second-order valence-corrected chi connectivity index (χ2v) is 3.99. The van der Waals surface area contributed by atoms with E-state index in [-0.39, 0.29) is 0 Å². The molecule has 1 nitrogen and oxygen atoms in total. The van der Waals surface area contributed by atoms with Crippen molar-refractivity contribution in [3.8, 4) is 0 Å². The minimum atomic E-state index is 1.08. The van der Waals surface area contributed by atoms with Gasteiger partial charge in [-0.25, -0.2) is 0 Å². The average Bonchev–Trinajstić information content (AvgIpc) is 2.04. The van der Waals surface area contributed by atoms with Crippen molar-refractivity contribution in [3.05, 3.63) is 22.3 Å². The first-order valence-corrected chi connectivity index (χ1v) is 4.62. The van der Waals surface area contributed by atoms with Gasteiger partial charge in [0, 0.05) is 13.1 Å². The van der Waals surface area contributed by atoms with E-state index in [4.69, 9.17) is 0 Å². The Bertz CT molecular complexity index is 201. The van der Waals surface area contributed by atoms with Crippen LogP contribution in [0.25, 0.3) is 0 Å². The van der Waals surface area contributed by atoms with E-state index in [0.29, 0.717) is 0 Å². The Balaban J connectivity index is 2.78. The van der Waals surface area contributed by atoms with Crippen molar-refractivity contribution in [2.45, 2.75) is 34.1 Å². The van der Waals surface area contributed by atoms with Gasteiger partial charge >= 0.3 is 0 Å². The zero-order valence-electron chi connectivity index (χ0n) is 8.62. The van der Waals surface area contributed by atoms with E-state index in [1.807, 2.05) is 0 Å². The van der Waals surface area contributed by atoms with Crippen molar-refractivity contribution in [1.82, 2.24) is 5.32 Å². The molecule has 0 spiro atoms. The first-order chi connectivity index (χ1) is 5.61. The molecule has 1 saturated heterocycles. The lowest BCUT2D eigenvalue weighted by molar-refractivity contribution is 0.696. The van der Waals surface area contributed by atoms with Crippen LogP contribution in [0, 0.1) is 0 Å². The molecule has 0 radical (unpaired) electrons. The summed E-state index contributed by atoms with van der Waals surface area (Å²) in [4.78, 5) is 0. The summed E-state index contributed by atoms with van der Waals surface area (Å²) in [5.41, 5.74) is 6.08. The van der Waals surface area contributed by atoms with Crippen molar-refractivity contribution in [3.63, 3.8) is 0 Å². The summed E-state index contributed by atoms with van der Waals surface area (Å²) in [6.07, 6.45) is 1.19. The Kier molecular flexibility index (Phi) is 3.10. The summed E-state index contributed by atoms with van der Waals surface area (Å²) in [5, 5.41) is 3.43. The maximum Gasteiger partial charge on any atom is 0.0173 e. The van der Waals surface area contributed by atoms with Crippen LogP contribution in [0.4, 0.5) is 0 Å². The Hall–Kier alpha value is -0.560. The standard InChI is InChI=1S/C11H19N/c1-8(2)10-5-11(9(3)4)7-12-6-10/h12H,5-7H2,1-4H3. The third-order valence-electron chi connectivity index (χ3n) is 2.52. The number of allylic oxidation sites excluding steroid dienone is 2. The fourth-order valence-corrected chi connectivity index (χ4v) is 1.45. The number of hydrogen-bond donors (Lipinski definition) is 1. The van der Waals surface area contributed by atoms with Crippen LogP contribution in [0.5, 0.6) is 0 Å². The van der Waals surface area contributed by atoms with Gasteiger partial charge in [0.15, 0.2) is 0 Å². The van der Waals surface area contributed by atoms with E-state index in [2.05, 4.69) is 33.0 Å². The third-order valence-corrected chi connectivity index (χ3v) is 2.52. The fraction of sp³-hybridized carbons (Fsp3) is 0.636. The van der Waals surface area contributed by atoms with Crippen LogP contribution in [-0.4, -0.2) is 13.1 Å². The Labute approximate surface area is 75.6 Å². The zero-order valence-corrected chi connectivity index (χ0v) is 8.62. The highest BCUT2D eigenvalue weighted by molar-refractivity contribution is 5.27. The lowest BCUT2D eigenvalue weighted by Crippen LogP contribution is -2.27. The number of piperidine rings is 1. The van der Waals surface area contributed by atoms with Gasteiger partial charge in [-0.2, -0.15) is 0 Å². The molecule has 0 aliphatic carbocycles. The summed E-state index contributed by atoms with van der Waals surface area (Å²) in [5.74, 6) is 0. The topological polar surface area (TPSA) is 12.0 Å². The van der Waals surface area contributed by atoms with Crippen LogP contribution < -0.4 is 5.32 Å².